The third kappa shape index (κ3) is 4.91. The molecule has 0 spiro atoms. The van der Waals surface area contributed by atoms with Crippen LogP contribution in [0.25, 0.3) is 0 Å². The quantitative estimate of drug-likeness (QED) is 0.872. The second-order valence-electron chi connectivity index (χ2n) is 4.48. The average molecular weight is 284 g/mol. The van der Waals surface area contributed by atoms with Gasteiger partial charge in [0.1, 0.15) is 0 Å². The van der Waals surface area contributed by atoms with Crippen LogP contribution < -0.4 is 0 Å². The van der Waals surface area contributed by atoms with E-state index in [1.54, 1.807) is 30.0 Å². The van der Waals surface area contributed by atoms with Gasteiger partial charge in [-0.15, -0.1) is 0 Å². The fourth-order valence-electron chi connectivity index (χ4n) is 1.75. The normalized spacial score (nSPS) is 11.9. The maximum atomic E-state index is 12.1. The first-order valence-corrected chi connectivity index (χ1v) is 6.56. The minimum atomic E-state index is -0.894. The standard InChI is InChI=1S/C14H18ClNO3/c1-3-16(9-10(2)14(18)19)13(17)8-11-5-4-6-12(15)7-11/h4-7,10H,3,8-9H2,1-2H3,(H,18,19)/t10-/m1/s1. The number of rotatable bonds is 6. The van der Waals surface area contributed by atoms with Crippen LogP contribution in [0.5, 0.6) is 0 Å². The largest absolute Gasteiger partial charge is 0.481 e. The summed E-state index contributed by atoms with van der Waals surface area (Å²) in [4.78, 5) is 24.5. The molecule has 0 aliphatic carbocycles. The average Bonchev–Trinajstić information content (AvgIpc) is 2.35. The Morgan fingerprint density at radius 3 is 2.63 bits per heavy atom. The van der Waals surface area contributed by atoms with Gasteiger partial charge in [-0.2, -0.15) is 0 Å². The Hall–Kier alpha value is -1.55. The lowest BCUT2D eigenvalue weighted by Crippen LogP contribution is -2.37. The third-order valence-corrected chi connectivity index (χ3v) is 3.13. The summed E-state index contributed by atoms with van der Waals surface area (Å²) in [6.45, 7) is 4.16. The predicted octanol–water partition coefficient (Wildman–Crippen LogP) is 2.45. The number of carbonyl (C=O) groups excluding carboxylic acids is 1. The zero-order valence-corrected chi connectivity index (χ0v) is 11.9. The number of amides is 1. The van der Waals surface area contributed by atoms with Gasteiger partial charge in [0.25, 0.3) is 0 Å². The second kappa shape index (κ2) is 7.14. The van der Waals surface area contributed by atoms with E-state index < -0.39 is 11.9 Å². The van der Waals surface area contributed by atoms with E-state index in [1.165, 1.54) is 0 Å². The van der Waals surface area contributed by atoms with E-state index in [4.69, 9.17) is 16.7 Å². The fourth-order valence-corrected chi connectivity index (χ4v) is 1.96. The summed E-state index contributed by atoms with van der Waals surface area (Å²) in [6, 6.07) is 7.12. The molecular weight excluding hydrogens is 266 g/mol. The zero-order valence-electron chi connectivity index (χ0n) is 11.1. The molecule has 0 bridgehead atoms. The molecule has 5 heteroatoms. The molecule has 4 nitrogen and oxygen atoms in total. The molecule has 0 aliphatic heterocycles. The van der Waals surface area contributed by atoms with Crippen molar-refractivity contribution in [2.45, 2.75) is 20.3 Å². The topological polar surface area (TPSA) is 57.6 Å². The molecule has 0 fully saturated rings. The highest BCUT2D eigenvalue weighted by Crippen LogP contribution is 2.12. The lowest BCUT2D eigenvalue weighted by molar-refractivity contribution is -0.142. The number of halogens is 1. The van der Waals surface area contributed by atoms with Crippen molar-refractivity contribution in [2.75, 3.05) is 13.1 Å². The Balaban J connectivity index is 2.66. The molecule has 0 heterocycles. The summed E-state index contributed by atoms with van der Waals surface area (Å²) in [5, 5.41) is 9.47. The highest BCUT2D eigenvalue weighted by Gasteiger charge is 2.19. The van der Waals surface area contributed by atoms with Crippen LogP contribution in [0.3, 0.4) is 0 Å². The van der Waals surface area contributed by atoms with Gasteiger partial charge >= 0.3 is 5.97 Å². The van der Waals surface area contributed by atoms with E-state index in [-0.39, 0.29) is 18.9 Å². The van der Waals surface area contributed by atoms with E-state index in [2.05, 4.69) is 0 Å². The molecule has 104 valence electrons. The van der Waals surface area contributed by atoms with Gasteiger partial charge in [0.15, 0.2) is 0 Å². The van der Waals surface area contributed by atoms with Crippen LogP contribution in [0.2, 0.25) is 5.02 Å². The Morgan fingerprint density at radius 1 is 1.42 bits per heavy atom. The smallest absolute Gasteiger partial charge is 0.308 e. The number of nitrogens with zero attached hydrogens (tertiary/aromatic N) is 1. The summed E-state index contributed by atoms with van der Waals surface area (Å²) < 4.78 is 0. The number of hydrogen-bond donors (Lipinski definition) is 1. The molecule has 1 amide bonds. The Labute approximate surface area is 118 Å². The summed E-state index contributed by atoms with van der Waals surface area (Å²) in [6.07, 6.45) is 0.237. The van der Waals surface area contributed by atoms with Gasteiger partial charge in [0, 0.05) is 18.1 Å². The molecule has 0 aromatic heterocycles. The highest BCUT2D eigenvalue weighted by atomic mass is 35.5. The van der Waals surface area contributed by atoms with Crippen LogP contribution in [0.15, 0.2) is 24.3 Å². The van der Waals surface area contributed by atoms with Crippen LogP contribution in [0, 0.1) is 5.92 Å². The van der Waals surface area contributed by atoms with Crippen LogP contribution in [-0.2, 0) is 16.0 Å². The molecule has 0 unspecified atom stereocenters. The van der Waals surface area contributed by atoms with Crippen LogP contribution >= 0.6 is 11.6 Å². The lowest BCUT2D eigenvalue weighted by Gasteiger charge is -2.23. The molecule has 0 saturated heterocycles. The van der Waals surface area contributed by atoms with Gasteiger partial charge in [-0.25, -0.2) is 0 Å². The molecular formula is C14H18ClNO3. The summed E-state index contributed by atoms with van der Waals surface area (Å²) >= 11 is 5.87. The Morgan fingerprint density at radius 2 is 2.11 bits per heavy atom. The lowest BCUT2D eigenvalue weighted by atomic mass is 10.1. The predicted molar refractivity (Wildman–Crippen MR) is 74.2 cm³/mol. The van der Waals surface area contributed by atoms with E-state index >= 15 is 0 Å². The van der Waals surface area contributed by atoms with Crippen molar-refractivity contribution in [3.8, 4) is 0 Å². The molecule has 1 aromatic rings. The van der Waals surface area contributed by atoms with Crippen molar-refractivity contribution in [2.24, 2.45) is 5.92 Å². The van der Waals surface area contributed by atoms with Gasteiger partial charge in [-0.3, -0.25) is 9.59 Å². The number of carboxylic acid groups (broad SMARTS) is 1. The number of carbonyl (C=O) groups is 2. The Bertz CT molecular complexity index is 462. The fraction of sp³-hybridized carbons (Fsp3) is 0.429. The van der Waals surface area contributed by atoms with Gasteiger partial charge in [-0.05, 0) is 24.6 Å². The summed E-state index contributed by atoms with van der Waals surface area (Å²) in [5.41, 5.74) is 0.832. The van der Waals surface area contributed by atoms with Crippen molar-refractivity contribution in [3.05, 3.63) is 34.9 Å². The minimum absolute atomic E-state index is 0.0853. The van der Waals surface area contributed by atoms with Gasteiger partial charge in [0.2, 0.25) is 5.91 Å². The monoisotopic (exact) mass is 283 g/mol. The van der Waals surface area contributed by atoms with Gasteiger partial charge in [0.05, 0.1) is 12.3 Å². The van der Waals surface area contributed by atoms with Crippen molar-refractivity contribution in [3.63, 3.8) is 0 Å². The molecule has 0 radical (unpaired) electrons. The van der Waals surface area contributed by atoms with E-state index in [9.17, 15) is 9.59 Å². The number of benzene rings is 1. The minimum Gasteiger partial charge on any atom is -0.481 e. The van der Waals surface area contributed by atoms with Gasteiger partial charge in [-0.1, -0.05) is 30.7 Å². The van der Waals surface area contributed by atoms with Crippen molar-refractivity contribution < 1.29 is 14.7 Å². The van der Waals surface area contributed by atoms with Crippen LogP contribution in [0.4, 0.5) is 0 Å². The van der Waals surface area contributed by atoms with Crippen LogP contribution in [0.1, 0.15) is 19.4 Å². The van der Waals surface area contributed by atoms with E-state index in [1.807, 2.05) is 13.0 Å². The Kier molecular flexibility index (Phi) is 5.83. The maximum absolute atomic E-state index is 12.1. The molecule has 19 heavy (non-hydrogen) atoms. The van der Waals surface area contributed by atoms with Crippen molar-refractivity contribution >= 4 is 23.5 Å². The van der Waals surface area contributed by atoms with Gasteiger partial charge < -0.3 is 10.0 Å². The summed E-state index contributed by atoms with van der Waals surface area (Å²) in [7, 11) is 0. The third-order valence-electron chi connectivity index (χ3n) is 2.89. The second-order valence-corrected chi connectivity index (χ2v) is 4.91. The number of likely N-dealkylation sites (N-methyl/N-ethyl adjacent to an activating group) is 1. The zero-order chi connectivity index (χ0) is 14.4. The van der Waals surface area contributed by atoms with Crippen molar-refractivity contribution in [1.82, 2.24) is 4.90 Å². The first kappa shape index (κ1) is 15.5. The first-order valence-electron chi connectivity index (χ1n) is 6.19. The molecule has 1 rings (SSSR count). The number of carboxylic acids is 1. The highest BCUT2D eigenvalue weighted by molar-refractivity contribution is 6.30. The molecule has 0 saturated carbocycles. The molecule has 1 atom stereocenters. The maximum Gasteiger partial charge on any atom is 0.308 e. The summed E-state index contributed by atoms with van der Waals surface area (Å²) in [5.74, 6) is -1.55. The van der Waals surface area contributed by atoms with E-state index in [0.717, 1.165) is 5.56 Å². The molecule has 0 aliphatic rings. The van der Waals surface area contributed by atoms with E-state index in [0.29, 0.717) is 11.6 Å². The first-order chi connectivity index (χ1) is 8.93. The number of hydrogen-bond acceptors (Lipinski definition) is 2. The molecule has 1 N–H and O–H groups in total. The van der Waals surface area contributed by atoms with Crippen LogP contribution in [-0.4, -0.2) is 35.0 Å². The SMILES string of the molecule is CCN(C[C@@H](C)C(=O)O)C(=O)Cc1cccc(Cl)c1. The van der Waals surface area contributed by atoms with Crippen molar-refractivity contribution in [1.29, 1.82) is 0 Å². The number of aliphatic carboxylic acids is 1. The molecule has 1 aromatic carbocycles.